The first kappa shape index (κ1) is 31.3. The lowest BCUT2D eigenvalue weighted by atomic mass is 9.72. The van der Waals surface area contributed by atoms with Gasteiger partial charge in [-0.3, -0.25) is 9.80 Å². The third kappa shape index (κ3) is 5.40. The molecule has 0 aromatic heterocycles. The number of rotatable bonds is 9. The van der Waals surface area contributed by atoms with Gasteiger partial charge in [0.25, 0.3) is 0 Å². The van der Waals surface area contributed by atoms with Crippen LogP contribution in [0.2, 0.25) is 0 Å². The largest absolute Gasteiger partial charge is 0.497 e. The van der Waals surface area contributed by atoms with Crippen LogP contribution in [-0.2, 0) is 22.4 Å². The quantitative estimate of drug-likeness (QED) is 0.244. The van der Waals surface area contributed by atoms with Gasteiger partial charge in [0, 0.05) is 18.2 Å². The van der Waals surface area contributed by atoms with Gasteiger partial charge in [-0.15, -0.1) is 0 Å². The summed E-state index contributed by atoms with van der Waals surface area (Å²) in [6.07, 6.45) is 4.46. The SMILES string of the molecule is COc1ccc(/C=C/C(=O)OC[C@H]2c3cc(OC)c(OC)cc3C[C@H]3[C@H]4c5cc(OC)c(OC)cc5C[C@@H]([C@H](C#N)N23)N4C)cc1. The zero-order valence-electron chi connectivity index (χ0n) is 27.0. The first-order valence-electron chi connectivity index (χ1n) is 15.2. The summed E-state index contributed by atoms with van der Waals surface area (Å²) in [5.41, 5.74) is 5.15. The number of carbonyl (C=O) groups excluding carboxylic acids is 1. The molecule has 0 unspecified atom stereocenters. The number of likely N-dealkylation sites (N-methyl/N-ethyl adjacent to an activating group) is 1. The molecule has 0 saturated carbocycles. The second kappa shape index (κ2) is 12.9. The molecule has 3 aliphatic heterocycles. The van der Waals surface area contributed by atoms with Crippen molar-refractivity contribution in [1.82, 2.24) is 9.80 Å². The summed E-state index contributed by atoms with van der Waals surface area (Å²) in [5, 5.41) is 10.7. The molecule has 0 radical (unpaired) electrons. The van der Waals surface area contributed by atoms with E-state index in [-0.39, 0.29) is 24.7 Å². The van der Waals surface area contributed by atoms with Crippen molar-refractivity contribution in [1.29, 1.82) is 5.26 Å². The van der Waals surface area contributed by atoms with Gasteiger partial charge in [0.1, 0.15) is 18.4 Å². The van der Waals surface area contributed by atoms with Crippen molar-refractivity contribution in [3.05, 3.63) is 82.4 Å². The molecule has 0 spiro atoms. The Balaban J connectivity index is 1.39. The lowest BCUT2D eigenvalue weighted by Crippen LogP contribution is -2.68. The molecule has 3 aromatic rings. The molecule has 2 bridgehead atoms. The standard InChI is InChI=1S/C36H39N3O7/c1-38-27-13-23-16-32(43-4)34(45-6)18-26(23)36(38)28-14-22-15-31(42-3)33(44-5)17-25(22)30(39(28)29(27)19-37)20-46-35(40)12-9-21-7-10-24(41-2)11-8-21/h7-12,15-18,27-30,36H,13-14,20H2,1-6H3/b12-9+/t27-,28-,29-,30-,36+/m0/s1. The molecule has 1 saturated heterocycles. The van der Waals surface area contributed by atoms with Gasteiger partial charge in [0.15, 0.2) is 23.0 Å². The van der Waals surface area contributed by atoms with E-state index >= 15 is 0 Å². The van der Waals surface area contributed by atoms with E-state index in [1.165, 1.54) is 6.08 Å². The Bertz CT molecular complexity index is 1680. The number of hydrogen-bond donors (Lipinski definition) is 0. The highest BCUT2D eigenvalue weighted by atomic mass is 16.5. The number of fused-ring (bicyclic) bond motifs is 7. The molecule has 3 aromatic carbocycles. The first-order valence-corrected chi connectivity index (χ1v) is 15.2. The van der Waals surface area contributed by atoms with Crippen molar-refractivity contribution >= 4 is 12.0 Å². The van der Waals surface area contributed by atoms with Gasteiger partial charge >= 0.3 is 5.97 Å². The molecule has 0 N–H and O–H groups in total. The second-order valence-electron chi connectivity index (χ2n) is 11.7. The van der Waals surface area contributed by atoms with Crippen LogP contribution in [0.15, 0.2) is 54.6 Å². The summed E-state index contributed by atoms with van der Waals surface area (Å²) in [4.78, 5) is 17.7. The maximum absolute atomic E-state index is 13.1. The van der Waals surface area contributed by atoms with Crippen LogP contribution in [0.1, 0.15) is 39.9 Å². The summed E-state index contributed by atoms with van der Waals surface area (Å²) < 4.78 is 33.9. The average molecular weight is 626 g/mol. The van der Waals surface area contributed by atoms with Crippen LogP contribution in [0.25, 0.3) is 6.08 Å². The average Bonchev–Trinajstić information content (AvgIpc) is 3.08. The Kier molecular flexibility index (Phi) is 8.80. The maximum atomic E-state index is 13.1. The number of nitrogens with zero attached hydrogens (tertiary/aromatic N) is 3. The predicted molar refractivity (Wildman–Crippen MR) is 172 cm³/mol. The van der Waals surface area contributed by atoms with E-state index in [0.717, 1.165) is 33.6 Å². The number of piperazine rings is 1. The Labute approximate surface area is 269 Å². The molecule has 0 amide bonds. The Morgan fingerprint density at radius 3 is 1.98 bits per heavy atom. The molecule has 0 aliphatic carbocycles. The molecule has 1 fully saturated rings. The summed E-state index contributed by atoms with van der Waals surface area (Å²) in [6.45, 7) is 0.0604. The molecule has 240 valence electrons. The predicted octanol–water partition coefficient (Wildman–Crippen LogP) is 4.76. The molecular formula is C36H39N3O7. The van der Waals surface area contributed by atoms with Crippen molar-refractivity contribution < 1.29 is 33.2 Å². The van der Waals surface area contributed by atoms with Gasteiger partial charge in [-0.05, 0) is 90.2 Å². The summed E-state index contributed by atoms with van der Waals surface area (Å²) in [7, 11) is 10.2. The minimum Gasteiger partial charge on any atom is -0.497 e. The number of benzene rings is 3. The summed E-state index contributed by atoms with van der Waals surface area (Å²) in [5.74, 6) is 2.82. The van der Waals surface area contributed by atoms with Crippen molar-refractivity contribution in [2.45, 2.75) is 43.1 Å². The lowest BCUT2D eigenvalue weighted by Gasteiger charge is -2.59. The molecule has 3 aliphatic rings. The van der Waals surface area contributed by atoms with Crippen molar-refractivity contribution in [3.8, 4) is 34.8 Å². The Hall–Kier alpha value is -4.72. The highest BCUT2D eigenvalue weighted by molar-refractivity contribution is 5.87. The Morgan fingerprint density at radius 2 is 1.39 bits per heavy atom. The van der Waals surface area contributed by atoms with E-state index in [4.69, 9.17) is 28.4 Å². The van der Waals surface area contributed by atoms with Crippen LogP contribution in [0.4, 0.5) is 0 Å². The number of carbonyl (C=O) groups is 1. The molecule has 5 atom stereocenters. The van der Waals surface area contributed by atoms with E-state index in [1.807, 2.05) is 42.5 Å². The molecule has 3 heterocycles. The third-order valence-electron chi connectivity index (χ3n) is 9.62. The minimum absolute atomic E-state index is 0.0485. The minimum atomic E-state index is -0.468. The summed E-state index contributed by atoms with van der Waals surface area (Å²) in [6, 6.07) is 17.0. The van der Waals surface area contributed by atoms with Crippen LogP contribution in [0.3, 0.4) is 0 Å². The summed E-state index contributed by atoms with van der Waals surface area (Å²) >= 11 is 0. The van der Waals surface area contributed by atoms with Crippen molar-refractivity contribution in [2.24, 2.45) is 0 Å². The molecule has 10 heteroatoms. The van der Waals surface area contributed by atoms with Gasteiger partial charge in [0.2, 0.25) is 0 Å². The van der Waals surface area contributed by atoms with E-state index in [2.05, 4.69) is 29.0 Å². The van der Waals surface area contributed by atoms with Gasteiger partial charge in [-0.25, -0.2) is 4.79 Å². The molecule has 46 heavy (non-hydrogen) atoms. The van der Waals surface area contributed by atoms with E-state index in [9.17, 15) is 10.1 Å². The highest BCUT2D eigenvalue weighted by Crippen LogP contribution is 2.52. The van der Waals surface area contributed by atoms with E-state index in [1.54, 1.807) is 41.6 Å². The maximum Gasteiger partial charge on any atom is 0.330 e. The first-order chi connectivity index (χ1) is 22.3. The zero-order chi connectivity index (χ0) is 32.5. The van der Waals surface area contributed by atoms with Crippen LogP contribution < -0.4 is 23.7 Å². The Morgan fingerprint density at radius 1 is 0.826 bits per heavy atom. The lowest BCUT2D eigenvalue weighted by molar-refractivity contribution is -0.143. The van der Waals surface area contributed by atoms with E-state index in [0.29, 0.717) is 35.8 Å². The fourth-order valence-electron chi connectivity index (χ4n) is 7.43. The van der Waals surface area contributed by atoms with Crippen LogP contribution >= 0.6 is 0 Å². The fraction of sp³-hybridized carbons (Fsp3) is 0.389. The van der Waals surface area contributed by atoms with Crippen molar-refractivity contribution in [3.63, 3.8) is 0 Å². The van der Waals surface area contributed by atoms with Gasteiger partial charge < -0.3 is 28.4 Å². The van der Waals surface area contributed by atoms with Gasteiger partial charge in [-0.2, -0.15) is 5.26 Å². The fourth-order valence-corrected chi connectivity index (χ4v) is 7.43. The van der Waals surface area contributed by atoms with Gasteiger partial charge in [0.05, 0.1) is 53.7 Å². The number of methoxy groups -OCH3 is 5. The monoisotopic (exact) mass is 625 g/mol. The molecule has 10 nitrogen and oxygen atoms in total. The number of nitriles is 1. The van der Waals surface area contributed by atoms with Gasteiger partial charge in [-0.1, -0.05) is 12.1 Å². The topological polar surface area (TPSA) is 103 Å². The van der Waals surface area contributed by atoms with E-state index < -0.39 is 18.1 Å². The highest BCUT2D eigenvalue weighted by Gasteiger charge is 2.54. The molecular weight excluding hydrogens is 586 g/mol. The number of hydrogen-bond acceptors (Lipinski definition) is 10. The smallest absolute Gasteiger partial charge is 0.330 e. The second-order valence-corrected chi connectivity index (χ2v) is 11.7. The van der Waals surface area contributed by atoms with Crippen molar-refractivity contribution in [2.75, 3.05) is 49.2 Å². The molecule has 6 rings (SSSR count). The normalized spacial score (nSPS) is 23.4. The third-order valence-corrected chi connectivity index (χ3v) is 9.62. The number of ether oxygens (including phenoxy) is 6. The zero-order valence-corrected chi connectivity index (χ0v) is 27.0. The van der Waals surface area contributed by atoms with Crippen LogP contribution in [0, 0.1) is 11.3 Å². The van der Waals surface area contributed by atoms with Crippen LogP contribution in [-0.4, -0.2) is 83.1 Å². The number of esters is 1. The van der Waals surface area contributed by atoms with Crippen LogP contribution in [0.5, 0.6) is 28.7 Å².